The first-order valence-corrected chi connectivity index (χ1v) is 7.04. The van der Waals surface area contributed by atoms with Gasteiger partial charge in [-0.15, -0.1) is 0 Å². The summed E-state index contributed by atoms with van der Waals surface area (Å²) in [5.41, 5.74) is 6.49. The number of nitrogens with two attached hydrogens (primary N) is 1. The highest BCUT2D eigenvalue weighted by atomic mass is 16.5. The van der Waals surface area contributed by atoms with Crippen LogP contribution < -0.4 is 15.8 Å². The molecule has 1 unspecified atom stereocenters. The third kappa shape index (κ3) is 5.95. The highest BCUT2D eigenvalue weighted by Crippen LogP contribution is 2.24. The van der Waals surface area contributed by atoms with Crippen molar-refractivity contribution in [1.29, 1.82) is 0 Å². The van der Waals surface area contributed by atoms with Gasteiger partial charge in [0.2, 0.25) is 5.91 Å². The average Bonchev–Trinajstić information content (AvgIpc) is 2.37. The standard InChI is InChI=1S/C16H26N2O2/c1-12(16(2,3)4)11-18-15(19)9-10-20-14-7-5-13(17)6-8-14/h5-8,12H,9-11,17H2,1-4H3,(H,18,19). The van der Waals surface area contributed by atoms with Gasteiger partial charge in [-0.1, -0.05) is 27.7 Å². The Kier molecular flexibility index (Phi) is 5.86. The fourth-order valence-corrected chi connectivity index (χ4v) is 1.49. The summed E-state index contributed by atoms with van der Waals surface area (Å²) in [6, 6.07) is 7.16. The van der Waals surface area contributed by atoms with Gasteiger partial charge in [-0.05, 0) is 35.6 Å². The van der Waals surface area contributed by atoms with Crippen molar-refractivity contribution in [3.8, 4) is 5.75 Å². The van der Waals surface area contributed by atoms with Crippen LogP contribution in [-0.2, 0) is 4.79 Å². The minimum atomic E-state index is 0.0246. The summed E-state index contributed by atoms with van der Waals surface area (Å²) >= 11 is 0. The number of anilines is 1. The number of ether oxygens (including phenoxy) is 1. The maximum atomic E-state index is 11.7. The molecule has 0 aromatic heterocycles. The molecule has 1 rings (SSSR count). The number of nitrogens with one attached hydrogen (secondary N) is 1. The maximum Gasteiger partial charge on any atom is 0.223 e. The molecule has 0 heterocycles. The highest BCUT2D eigenvalue weighted by molar-refractivity contribution is 5.75. The van der Waals surface area contributed by atoms with E-state index in [-0.39, 0.29) is 11.3 Å². The van der Waals surface area contributed by atoms with Crippen LogP contribution >= 0.6 is 0 Å². The summed E-state index contributed by atoms with van der Waals surface area (Å²) in [6.07, 6.45) is 0.362. The van der Waals surface area contributed by atoms with Crippen LogP contribution in [0, 0.1) is 11.3 Å². The van der Waals surface area contributed by atoms with Gasteiger partial charge in [0, 0.05) is 12.2 Å². The number of carbonyl (C=O) groups is 1. The van der Waals surface area contributed by atoms with E-state index in [2.05, 4.69) is 33.0 Å². The van der Waals surface area contributed by atoms with E-state index in [0.29, 0.717) is 31.2 Å². The number of carbonyl (C=O) groups excluding carboxylic acids is 1. The predicted molar refractivity (Wildman–Crippen MR) is 82.6 cm³/mol. The molecule has 0 aliphatic heterocycles. The molecule has 0 saturated carbocycles. The molecule has 4 heteroatoms. The predicted octanol–water partition coefficient (Wildman–Crippen LogP) is 2.84. The molecule has 20 heavy (non-hydrogen) atoms. The Morgan fingerprint density at radius 3 is 2.45 bits per heavy atom. The van der Waals surface area contributed by atoms with Crippen LogP contribution in [0.5, 0.6) is 5.75 Å². The van der Waals surface area contributed by atoms with Crippen molar-refractivity contribution in [1.82, 2.24) is 5.32 Å². The van der Waals surface area contributed by atoms with E-state index in [1.165, 1.54) is 0 Å². The van der Waals surface area contributed by atoms with Gasteiger partial charge < -0.3 is 15.8 Å². The van der Waals surface area contributed by atoms with Crippen LogP contribution in [0.15, 0.2) is 24.3 Å². The molecule has 0 aliphatic rings. The summed E-state index contributed by atoms with van der Waals surface area (Å²) in [4.78, 5) is 11.7. The highest BCUT2D eigenvalue weighted by Gasteiger charge is 2.20. The third-order valence-electron chi connectivity index (χ3n) is 3.56. The van der Waals surface area contributed by atoms with Gasteiger partial charge in [0.25, 0.3) is 0 Å². The van der Waals surface area contributed by atoms with Crippen molar-refractivity contribution in [2.24, 2.45) is 11.3 Å². The Morgan fingerprint density at radius 1 is 1.30 bits per heavy atom. The Balaban J connectivity index is 2.22. The van der Waals surface area contributed by atoms with Crippen molar-refractivity contribution in [3.05, 3.63) is 24.3 Å². The molecule has 1 aromatic rings. The van der Waals surface area contributed by atoms with E-state index in [4.69, 9.17) is 10.5 Å². The minimum Gasteiger partial charge on any atom is -0.493 e. The van der Waals surface area contributed by atoms with Crippen molar-refractivity contribution in [3.63, 3.8) is 0 Å². The number of rotatable bonds is 6. The first-order valence-electron chi connectivity index (χ1n) is 7.04. The molecule has 4 nitrogen and oxygen atoms in total. The first kappa shape index (κ1) is 16.3. The lowest BCUT2D eigenvalue weighted by molar-refractivity contribution is -0.121. The molecule has 0 bridgehead atoms. The van der Waals surface area contributed by atoms with Crippen molar-refractivity contribution in [2.75, 3.05) is 18.9 Å². The number of hydrogen-bond donors (Lipinski definition) is 2. The molecule has 112 valence electrons. The summed E-state index contributed by atoms with van der Waals surface area (Å²) in [7, 11) is 0. The molecule has 1 atom stereocenters. The van der Waals surface area contributed by atoms with Crippen LogP contribution in [0.3, 0.4) is 0 Å². The SMILES string of the molecule is CC(CNC(=O)CCOc1ccc(N)cc1)C(C)(C)C. The first-order chi connectivity index (χ1) is 9.29. The Bertz CT molecular complexity index is 421. The molecule has 3 N–H and O–H groups in total. The smallest absolute Gasteiger partial charge is 0.223 e. The Labute approximate surface area is 121 Å². The monoisotopic (exact) mass is 278 g/mol. The second-order valence-corrected chi connectivity index (χ2v) is 6.24. The fourth-order valence-electron chi connectivity index (χ4n) is 1.49. The van der Waals surface area contributed by atoms with E-state index in [1.54, 1.807) is 24.3 Å². The second kappa shape index (κ2) is 7.17. The van der Waals surface area contributed by atoms with Gasteiger partial charge in [0.1, 0.15) is 5.75 Å². The van der Waals surface area contributed by atoms with Crippen LogP contribution in [-0.4, -0.2) is 19.1 Å². The van der Waals surface area contributed by atoms with Crippen LogP contribution in [0.25, 0.3) is 0 Å². The minimum absolute atomic E-state index is 0.0246. The van der Waals surface area contributed by atoms with E-state index < -0.39 is 0 Å². The lowest BCUT2D eigenvalue weighted by atomic mass is 9.82. The van der Waals surface area contributed by atoms with Gasteiger partial charge in [0.05, 0.1) is 13.0 Å². The average molecular weight is 278 g/mol. The third-order valence-corrected chi connectivity index (χ3v) is 3.56. The van der Waals surface area contributed by atoms with Gasteiger partial charge >= 0.3 is 0 Å². The lowest BCUT2D eigenvalue weighted by Gasteiger charge is -2.27. The molecular formula is C16H26N2O2. The van der Waals surface area contributed by atoms with E-state index >= 15 is 0 Å². The van der Waals surface area contributed by atoms with Gasteiger partial charge in [0.15, 0.2) is 0 Å². The fraction of sp³-hybridized carbons (Fsp3) is 0.562. The van der Waals surface area contributed by atoms with Crippen molar-refractivity contribution < 1.29 is 9.53 Å². The van der Waals surface area contributed by atoms with Crippen LogP contribution in [0.1, 0.15) is 34.1 Å². The second-order valence-electron chi connectivity index (χ2n) is 6.24. The Hall–Kier alpha value is -1.71. The lowest BCUT2D eigenvalue weighted by Crippen LogP contribution is -2.34. The molecular weight excluding hydrogens is 252 g/mol. The summed E-state index contributed by atoms with van der Waals surface area (Å²) in [5, 5.41) is 2.95. The van der Waals surface area contributed by atoms with E-state index in [0.717, 1.165) is 5.75 Å². The number of amides is 1. The van der Waals surface area contributed by atoms with Gasteiger partial charge in [-0.25, -0.2) is 0 Å². The molecule has 1 amide bonds. The zero-order valence-corrected chi connectivity index (χ0v) is 12.9. The number of hydrogen-bond acceptors (Lipinski definition) is 3. The van der Waals surface area contributed by atoms with Crippen molar-refractivity contribution in [2.45, 2.75) is 34.1 Å². The zero-order valence-electron chi connectivity index (χ0n) is 12.9. The molecule has 0 saturated heterocycles. The summed E-state index contributed by atoms with van der Waals surface area (Å²) in [5.74, 6) is 1.19. The van der Waals surface area contributed by atoms with Crippen LogP contribution in [0.2, 0.25) is 0 Å². The summed E-state index contributed by atoms with van der Waals surface area (Å²) in [6.45, 7) is 9.74. The maximum absolute atomic E-state index is 11.7. The number of nitrogen functional groups attached to an aromatic ring is 1. The molecule has 1 aromatic carbocycles. The number of benzene rings is 1. The van der Waals surface area contributed by atoms with Gasteiger partial charge in [-0.3, -0.25) is 4.79 Å². The molecule has 0 fully saturated rings. The van der Waals surface area contributed by atoms with Crippen LogP contribution in [0.4, 0.5) is 5.69 Å². The molecule has 0 radical (unpaired) electrons. The zero-order chi connectivity index (χ0) is 15.2. The quantitative estimate of drug-likeness (QED) is 0.786. The molecule has 0 spiro atoms. The largest absolute Gasteiger partial charge is 0.493 e. The normalized spacial score (nSPS) is 12.8. The summed E-state index contributed by atoms with van der Waals surface area (Å²) < 4.78 is 5.49. The van der Waals surface area contributed by atoms with Gasteiger partial charge in [-0.2, -0.15) is 0 Å². The van der Waals surface area contributed by atoms with E-state index in [9.17, 15) is 4.79 Å². The Morgan fingerprint density at radius 2 is 1.90 bits per heavy atom. The van der Waals surface area contributed by atoms with Crippen molar-refractivity contribution >= 4 is 11.6 Å². The van der Waals surface area contributed by atoms with E-state index in [1.807, 2.05) is 0 Å². The topological polar surface area (TPSA) is 64.3 Å². The molecule has 0 aliphatic carbocycles.